The van der Waals surface area contributed by atoms with Gasteiger partial charge in [0.25, 0.3) is 0 Å². The molecule has 1 aliphatic carbocycles. The van der Waals surface area contributed by atoms with E-state index in [1.165, 1.54) is 31.2 Å². The highest BCUT2D eigenvalue weighted by molar-refractivity contribution is 5.48. The van der Waals surface area contributed by atoms with Crippen LogP contribution in [0.1, 0.15) is 36.9 Å². The minimum absolute atomic E-state index is 0.214. The number of anilines is 1. The van der Waals surface area contributed by atoms with E-state index >= 15 is 0 Å². The lowest BCUT2D eigenvalue weighted by molar-refractivity contribution is 0.540. The van der Waals surface area contributed by atoms with E-state index in [-0.39, 0.29) is 5.69 Å². The lowest BCUT2D eigenvalue weighted by Gasteiger charge is -2.27. The van der Waals surface area contributed by atoms with E-state index in [4.69, 9.17) is 0 Å². The van der Waals surface area contributed by atoms with Crippen molar-refractivity contribution in [2.75, 3.05) is 25.0 Å². The number of nitrogens with one attached hydrogen (secondary N) is 2. The third-order valence-electron chi connectivity index (χ3n) is 4.32. The van der Waals surface area contributed by atoms with Gasteiger partial charge < -0.3 is 15.2 Å². The zero-order valence-corrected chi connectivity index (χ0v) is 11.5. The number of aromatic nitrogens is 2. The molecular formula is C14H22N4O. The highest BCUT2D eigenvalue weighted by atomic mass is 16.1. The van der Waals surface area contributed by atoms with Crippen LogP contribution in [0.2, 0.25) is 0 Å². The van der Waals surface area contributed by atoms with Gasteiger partial charge in [-0.05, 0) is 18.8 Å². The summed E-state index contributed by atoms with van der Waals surface area (Å²) in [6.45, 7) is 2.76. The van der Waals surface area contributed by atoms with Crippen molar-refractivity contribution >= 4 is 5.82 Å². The van der Waals surface area contributed by atoms with Crippen LogP contribution in [0.15, 0.2) is 4.79 Å². The van der Waals surface area contributed by atoms with Crippen LogP contribution in [0.4, 0.5) is 5.82 Å². The zero-order chi connectivity index (χ0) is 13.2. The van der Waals surface area contributed by atoms with E-state index < -0.39 is 0 Å². The van der Waals surface area contributed by atoms with Gasteiger partial charge in [0.15, 0.2) is 0 Å². The van der Waals surface area contributed by atoms with Crippen LogP contribution >= 0.6 is 0 Å². The topological polar surface area (TPSA) is 61.0 Å². The van der Waals surface area contributed by atoms with Gasteiger partial charge >= 0.3 is 5.69 Å². The molecule has 1 aromatic rings. The molecule has 0 atom stereocenters. The Morgan fingerprint density at radius 2 is 2.16 bits per heavy atom. The van der Waals surface area contributed by atoms with Crippen LogP contribution in [0.5, 0.6) is 0 Å². The van der Waals surface area contributed by atoms with Crippen LogP contribution in [0, 0.1) is 5.92 Å². The van der Waals surface area contributed by atoms with E-state index in [2.05, 4.69) is 27.2 Å². The van der Waals surface area contributed by atoms with Crippen molar-refractivity contribution < 1.29 is 0 Å². The van der Waals surface area contributed by atoms with Gasteiger partial charge in [-0.2, -0.15) is 4.98 Å². The normalized spacial score (nSPS) is 19.4. The van der Waals surface area contributed by atoms with Crippen LogP contribution < -0.4 is 15.9 Å². The summed E-state index contributed by atoms with van der Waals surface area (Å²) >= 11 is 0. The summed E-state index contributed by atoms with van der Waals surface area (Å²) in [6, 6.07) is 0. The first-order valence-corrected chi connectivity index (χ1v) is 7.28. The second-order valence-corrected chi connectivity index (χ2v) is 5.78. The molecule has 0 saturated heterocycles. The van der Waals surface area contributed by atoms with Gasteiger partial charge in [0.2, 0.25) is 0 Å². The Balaban J connectivity index is 1.86. The molecule has 19 heavy (non-hydrogen) atoms. The van der Waals surface area contributed by atoms with Crippen molar-refractivity contribution in [3.63, 3.8) is 0 Å². The fourth-order valence-corrected chi connectivity index (χ4v) is 3.34. The van der Waals surface area contributed by atoms with Gasteiger partial charge in [0, 0.05) is 44.4 Å². The lowest BCUT2D eigenvalue weighted by Crippen LogP contribution is -2.34. The van der Waals surface area contributed by atoms with Gasteiger partial charge in [-0.3, -0.25) is 0 Å². The molecule has 1 fully saturated rings. The minimum Gasteiger partial charge on any atom is -0.359 e. The number of nitrogens with zero attached hydrogens (tertiary/aromatic N) is 2. The quantitative estimate of drug-likeness (QED) is 0.854. The van der Waals surface area contributed by atoms with E-state index in [1.807, 2.05) is 0 Å². The van der Waals surface area contributed by atoms with Gasteiger partial charge in [0.05, 0.1) is 0 Å². The number of fused-ring (bicyclic) bond motifs is 1. The standard InChI is InChI=1S/C14H22N4O/c1-18(9-10-4-2-3-5-10)13-11-8-15-7-6-12(11)16-14(19)17-13/h10,15H,2-9H2,1H3,(H,16,17,19). The van der Waals surface area contributed by atoms with E-state index in [0.29, 0.717) is 0 Å². The van der Waals surface area contributed by atoms with Crippen LogP contribution in [-0.2, 0) is 13.0 Å². The Hall–Kier alpha value is -1.36. The van der Waals surface area contributed by atoms with Crippen LogP contribution in [0.25, 0.3) is 0 Å². The van der Waals surface area contributed by atoms with Crippen molar-refractivity contribution in [3.05, 3.63) is 21.7 Å². The van der Waals surface area contributed by atoms with Gasteiger partial charge in [-0.1, -0.05) is 12.8 Å². The largest absolute Gasteiger partial charge is 0.359 e. The summed E-state index contributed by atoms with van der Waals surface area (Å²) in [5.41, 5.74) is 2.02. The molecule has 1 saturated carbocycles. The number of H-pyrrole nitrogens is 1. The molecule has 2 aliphatic rings. The first kappa shape index (κ1) is 12.7. The maximum Gasteiger partial charge on any atom is 0.347 e. The zero-order valence-electron chi connectivity index (χ0n) is 11.5. The van der Waals surface area contributed by atoms with E-state index in [1.54, 1.807) is 0 Å². The SMILES string of the molecule is CN(CC1CCCC1)c1nc(=O)[nH]c2c1CNCC2. The molecule has 0 radical (unpaired) electrons. The molecule has 0 unspecified atom stereocenters. The Morgan fingerprint density at radius 3 is 2.95 bits per heavy atom. The second kappa shape index (κ2) is 5.33. The first-order chi connectivity index (χ1) is 9.24. The monoisotopic (exact) mass is 262 g/mol. The predicted octanol–water partition coefficient (Wildman–Crippen LogP) is 1.04. The summed E-state index contributed by atoms with van der Waals surface area (Å²) in [5.74, 6) is 1.64. The average molecular weight is 262 g/mol. The van der Waals surface area contributed by atoms with E-state index in [0.717, 1.165) is 43.5 Å². The molecule has 0 spiro atoms. The molecule has 2 heterocycles. The summed E-state index contributed by atoms with van der Waals surface area (Å²) in [4.78, 5) is 21.0. The molecule has 3 rings (SSSR count). The van der Waals surface area contributed by atoms with Crippen molar-refractivity contribution in [1.29, 1.82) is 0 Å². The van der Waals surface area contributed by atoms with Gasteiger partial charge in [0.1, 0.15) is 5.82 Å². The Labute approximate surface area is 113 Å². The number of hydrogen-bond acceptors (Lipinski definition) is 4. The molecule has 0 bridgehead atoms. The Bertz CT molecular complexity index is 505. The molecule has 5 nitrogen and oxygen atoms in total. The van der Waals surface area contributed by atoms with Crippen molar-refractivity contribution in [2.24, 2.45) is 5.92 Å². The summed E-state index contributed by atoms with van der Waals surface area (Å²) < 4.78 is 0. The summed E-state index contributed by atoms with van der Waals surface area (Å²) in [7, 11) is 2.06. The average Bonchev–Trinajstić information content (AvgIpc) is 2.90. The molecule has 5 heteroatoms. The third kappa shape index (κ3) is 2.66. The Kier molecular flexibility index (Phi) is 3.55. The molecular weight excluding hydrogens is 240 g/mol. The smallest absolute Gasteiger partial charge is 0.347 e. The fourth-order valence-electron chi connectivity index (χ4n) is 3.34. The Morgan fingerprint density at radius 1 is 1.37 bits per heavy atom. The maximum atomic E-state index is 11.7. The fraction of sp³-hybridized carbons (Fsp3) is 0.714. The van der Waals surface area contributed by atoms with Gasteiger partial charge in [-0.25, -0.2) is 4.79 Å². The highest BCUT2D eigenvalue weighted by Crippen LogP contribution is 2.28. The first-order valence-electron chi connectivity index (χ1n) is 7.28. The predicted molar refractivity (Wildman–Crippen MR) is 75.5 cm³/mol. The van der Waals surface area contributed by atoms with Crippen molar-refractivity contribution in [3.8, 4) is 0 Å². The number of aromatic amines is 1. The highest BCUT2D eigenvalue weighted by Gasteiger charge is 2.22. The molecule has 0 amide bonds. The molecule has 104 valence electrons. The summed E-state index contributed by atoms with van der Waals surface area (Å²) in [6.07, 6.45) is 6.21. The molecule has 1 aliphatic heterocycles. The molecule has 2 N–H and O–H groups in total. The molecule has 0 aromatic carbocycles. The van der Waals surface area contributed by atoms with Gasteiger partial charge in [-0.15, -0.1) is 0 Å². The molecule has 1 aromatic heterocycles. The minimum atomic E-state index is -0.214. The number of rotatable bonds is 3. The van der Waals surface area contributed by atoms with E-state index in [9.17, 15) is 4.79 Å². The second-order valence-electron chi connectivity index (χ2n) is 5.78. The maximum absolute atomic E-state index is 11.7. The van der Waals surface area contributed by atoms with Crippen molar-refractivity contribution in [1.82, 2.24) is 15.3 Å². The summed E-state index contributed by atoms with van der Waals surface area (Å²) in [5, 5.41) is 3.36. The third-order valence-corrected chi connectivity index (χ3v) is 4.32. The number of hydrogen-bond donors (Lipinski definition) is 2. The lowest BCUT2D eigenvalue weighted by atomic mass is 10.1. The van der Waals surface area contributed by atoms with Crippen LogP contribution in [-0.4, -0.2) is 30.1 Å². The van der Waals surface area contributed by atoms with Crippen molar-refractivity contribution in [2.45, 2.75) is 38.6 Å². The van der Waals surface area contributed by atoms with Crippen LogP contribution in [0.3, 0.4) is 0 Å².